The molecule has 0 fully saturated rings. The van der Waals surface area contributed by atoms with Crippen molar-refractivity contribution in [1.29, 1.82) is 0 Å². The van der Waals surface area contributed by atoms with Crippen LogP contribution in [0.25, 0.3) is 11.4 Å². The summed E-state index contributed by atoms with van der Waals surface area (Å²) >= 11 is 0. The molecule has 3 N–H and O–H groups in total. The predicted molar refractivity (Wildman–Crippen MR) is 67.7 cm³/mol. The van der Waals surface area contributed by atoms with Gasteiger partial charge >= 0.3 is 0 Å². The molecular formula is C12H16N4O2. The molecule has 18 heavy (non-hydrogen) atoms. The molecular weight excluding hydrogens is 232 g/mol. The van der Waals surface area contributed by atoms with E-state index in [1.54, 1.807) is 14.2 Å². The molecule has 0 bridgehead atoms. The summed E-state index contributed by atoms with van der Waals surface area (Å²) < 4.78 is 10.5. The molecule has 0 saturated heterocycles. The van der Waals surface area contributed by atoms with Crippen molar-refractivity contribution in [2.24, 2.45) is 5.73 Å². The van der Waals surface area contributed by atoms with E-state index in [0.29, 0.717) is 24.5 Å². The molecule has 0 atom stereocenters. The van der Waals surface area contributed by atoms with E-state index in [9.17, 15) is 0 Å². The van der Waals surface area contributed by atoms with Gasteiger partial charge in [0, 0.05) is 6.42 Å². The topological polar surface area (TPSA) is 86.0 Å². The first-order valence-electron chi connectivity index (χ1n) is 5.62. The van der Waals surface area contributed by atoms with Gasteiger partial charge in [-0.1, -0.05) is 0 Å². The normalized spacial score (nSPS) is 10.4. The van der Waals surface area contributed by atoms with Crippen molar-refractivity contribution in [1.82, 2.24) is 15.2 Å². The molecule has 0 aliphatic carbocycles. The highest BCUT2D eigenvalue weighted by Crippen LogP contribution is 2.31. The van der Waals surface area contributed by atoms with Crippen LogP contribution in [0.2, 0.25) is 0 Å². The van der Waals surface area contributed by atoms with Crippen LogP contribution in [0.1, 0.15) is 5.82 Å². The van der Waals surface area contributed by atoms with Gasteiger partial charge in [-0.15, -0.1) is 0 Å². The van der Waals surface area contributed by atoms with E-state index in [1.165, 1.54) is 0 Å². The Morgan fingerprint density at radius 3 is 2.78 bits per heavy atom. The molecule has 0 aliphatic rings. The first kappa shape index (κ1) is 12.4. The minimum atomic E-state index is 0.532. The van der Waals surface area contributed by atoms with Crippen molar-refractivity contribution in [2.75, 3.05) is 20.8 Å². The van der Waals surface area contributed by atoms with Crippen molar-refractivity contribution < 1.29 is 9.47 Å². The lowest BCUT2D eigenvalue weighted by Crippen LogP contribution is -2.03. The molecule has 1 heterocycles. The smallest absolute Gasteiger partial charge is 0.185 e. The van der Waals surface area contributed by atoms with Gasteiger partial charge in [0.05, 0.1) is 19.8 Å². The Balaban J connectivity index is 2.40. The number of hydrogen-bond acceptors (Lipinski definition) is 5. The van der Waals surface area contributed by atoms with Gasteiger partial charge < -0.3 is 15.2 Å². The van der Waals surface area contributed by atoms with Crippen molar-refractivity contribution >= 4 is 0 Å². The monoisotopic (exact) mass is 248 g/mol. The number of ether oxygens (including phenoxy) is 2. The molecule has 0 amide bonds. The highest BCUT2D eigenvalue weighted by Gasteiger charge is 2.12. The quantitative estimate of drug-likeness (QED) is 0.824. The van der Waals surface area contributed by atoms with E-state index in [1.807, 2.05) is 18.2 Å². The van der Waals surface area contributed by atoms with Crippen LogP contribution < -0.4 is 15.2 Å². The Kier molecular flexibility index (Phi) is 3.78. The largest absolute Gasteiger partial charge is 0.497 e. The van der Waals surface area contributed by atoms with E-state index in [2.05, 4.69) is 15.2 Å². The summed E-state index contributed by atoms with van der Waals surface area (Å²) in [6.45, 7) is 0.532. The first-order chi connectivity index (χ1) is 8.78. The summed E-state index contributed by atoms with van der Waals surface area (Å²) in [5, 5.41) is 7.02. The summed E-state index contributed by atoms with van der Waals surface area (Å²) in [5.41, 5.74) is 6.27. The lowest BCUT2D eigenvalue weighted by Gasteiger charge is -2.07. The molecule has 96 valence electrons. The van der Waals surface area contributed by atoms with Crippen molar-refractivity contribution in [2.45, 2.75) is 6.42 Å². The van der Waals surface area contributed by atoms with Crippen LogP contribution in [-0.2, 0) is 6.42 Å². The Hall–Kier alpha value is -2.08. The maximum atomic E-state index is 5.48. The van der Waals surface area contributed by atoms with Crippen LogP contribution >= 0.6 is 0 Å². The summed E-state index contributed by atoms with van der Waals surface area (Å²) in [7, 11) is 3.22. The number of aromatic nitrogens is 3. The lowest BCUT2D eigenvalue weighted by atomic mass is 10.2. The molecule has 0 radical (unpaired) electrons. The molecule has 1 aromatic carbocycles. The number of H-pyrrole nitrogens is 1. The van der Waals surface area contributed by atoms with E-state index in [4.69, 9.17) is 15.2 Å². The van der Waals surface area contributed by atoms with Crippen LogP contribution in [0.5, 0.6) is 11.5 Å². The SMILES string of the molecule is COc1ccc(OC)c(-c2n[nH]c(CCN)n2)c1. The fourth-order valence-electron chi connectivity index (χ4n) is 1.65. The number of nitrogens with zero attached hydrogens (tertiary/aromatic N) is 2. The molecule has 0 spiro atoms. The maximum absolute atomic E-state index is 5.48. The summed E-state index contributed by atoms with van der Waals surface area (Å²) in [5.74, 6) is 2.77. The zero-order valence-electron chi connectivity index (χ0n) is 10.4. The number of rotatable bonds is 5. The average molecular weight is 248 g/mol. The highest BCUT2D eigenvalue weighted by molar-refractivity contribution is 5.66. The van der Waals surface area contributed by atoms with Crippen molar-refractivity contribution in [3.05, 3.63) is 24.0 Å². The van der Waals surface area contributed by atoms with Gasteiger partial charge in [0.15, 0.2) is 5.82 Å². The zero-order chi connectivity index (χ0) is 13.0. The maximum Gasteiger partial charge on any atom is 0.185 e. The molecule has 0 saturated carbocycles. The van der Waals surface area contributed by atoms with Gasteiger partial charge in [-0.05, 0) is 24.7 Å². The standard InChI is InChI=1S/C12H16N4O2/c1-17-8-3-4-10(18-2)9(7-8)12-14-11(5-6-13)15-16-12/h3-4,7H,5-6,13H2,1-2H3,(H,14,15,16). The second-order valence-corrected chi connectivity index (χ2v) is 3.71. The third kappa shape index (κ3) is 2.43. The molecule has 2 aromatic rings. The summed E-state index contributed by atoms with van der Waals surface area (Å²) in [6.07, 6.45) is 0.666. The Bertz CT molecular complexity index is 525. The Morgan fingerprint density at radius 2 is 2.11 bits per heavy atom. The van der Waals surface area contributed by atoms with Crippen molar-refractivity contribution in [3.8, 4) is 22.9 Å². The average Bonchev–Trinajstić information content (AvgIpc) is 2.87. The zero-order valence-corrected chi connectivity index (χ0v) is 10.4. The third-order valence-corrected chi connectivity index (χ3v) is 2.56. The number of hydrogen-bond donors (Lipinski definition) is 2. The molecule has 0 aliphatic heterocycles. The van der Waals surface area contributed by atoms with E-state index >= 15 is 0 Å². The van der Waals surface area contributed by atoms with Gasteiger partial charge in [0.25, 0.3) is 0 Å². The lowest BCUT2D eigenvalue weighted by molar-refractivity contribution is 0.404. The molecule has 1 aromatic heterocycles. The van der Waals surface area contributed by atoms with Crippen molar-refractivity contribution in [3.63, 3.8) is 0 Å². The summed E-state index contributed by atoms with van der Waals surface area (Å²) in [6, 6.07) is 5.50. The predicted octanol–water partition coefficient (Wildman–Crippen LogP) is 0.990. The minimum Gasteiger partial charge on any atom is -0.497 e. The number of methoxy groups -OCH3 is 2. The number of benzene rings is 1. The summed E-state index contributed by atoms with van der Waals surface area (Å²) in [4.78, 5) is 4.37. The van der Waals surface area contributed by atoms with Gasteiger partial charge in [0.2, 0.25) is 0 Å². The second kappa shape index (κ2) is 5.50. The number of nitrogens with one attached hydrogen (secondary N) is 1. The van der Waals surface area contributed by atoms with E-state index in [-0.39, 0.29) is 0 Å². The van der Waals surface area contributed by atoms with Crippen LogP contribution in [0.4, 0.5) is 0 Å². The number of nitrogens with two attached hydrogens (primary N) is 1. The number of aromatic amines is 1. The molecule has 6 nitrogen and oxygen atoms in total. The molecule has 6 heteroatoms. The Labute approximate surface area is 105 Å². The van der Waals surface area contributed by atoms with Gasteiger partial charge in [-0.3, -0.25) is 5.10 Å². The van der Waals surface area contributed by atoms with Crippen LogP contribution in [0.3, 0.4) is 0 Å². The van der Waals surface area contributed by atoms with Gasteiger partial charge in [-0.2, -0.15) is 5.10 Å². The fourth-order valence-corrected chi connectivity index (χ4v) is 1.65. The van der Waals surface area contributed by atoms with Crippen LogP contribution in [0, 0.1) is 0 Å². The highest BCUT2D eigenvalue weighted by atomic mass is 16.5. The second-order valence-electron chi connectivity index (χ2n) is 3.71. The fraction of sp³-hybridized carbons (Fsp3) is 0.333. The van der Waals surface area contributed by atoms with Crippen LogP contribution in [0.15, 0.2) is 18.2 Å². The molecule has 0 unspecified atom stereocenters. The minimum absolute atomic E-state index is 0.532. The molecule has 2 rings (SSSR count). The Morgan fingerprint density at radius 1 is 1.28 bits per heavy atom. The third-order valence-electron chi connectivity index (χ3n) is 2.56. The first-order valence-corrected chi connectivity index (χ1v) is 5.62. The van der Waals surface area contributed by atoms with Gasteiger partial charge in [0.1, 0.15) is 17.3 Å². The van der Waals surface area contributed by atoms with Gasteiger partial charge in [-0.25, -0.2) is 4.98 Å². The van der Waals surface area contributed by atoms with E-state index < -0.39 is 0 Å². The van der Waals surface area contributed by atoms with Crippen LogP contribution in [-0.4, -0.2) is 35.9 Å². The van der Waals surface area contributed by atoms with E-state index in [0.717, 1.165) is 17.1 Å².